The number of nitrogens with zero attached hydrogens (tertiary/aromatic N) is 5. The molecule has 1 fully saturated rings. The molecule has 1 aromatic carbocycles. The second-order valence-corrected chi connectivity index (χ2v) is 8.52. The Kier molecular flexibility index (Phi) is 6.19. The van der Waals surface area contributed by atoms with Crippen LogP contribution in [0.4, 0.5) is 10.5 Å². The lowest BCUT2D eigenvalue weighted by Crippen LogP contribution is -2.48. The van der Waals surface area contributed by atoms with Crippen LogP contribution in [0.3, 0.4) is 0 Å². The molecule has 30 heavy (non-hydrogen) atoms. The van der Waals surface area contributed by atoms with Gasteiger partial charge >= 0.3 is 12.1 Å². The molecule has 2 heterocycles. The molecule has 9 nitrogen and oxygen atoms in total. The molecule has 2 aromatic rings. The van der Waals surface area contributed by atoms with E-state index < -0.39 is 11.6 Å². The minimum atomic E-state index is -0.510. The Hall–Kier alpha value is -2.84. The maximum absolute atomic E-state index is 12.6. The van der Waals surface area contributed by atoms with Crippen LogP contribution in [-0.4, -0.2) is 70.3 Å². The van der Waals surface area contributed by atoms with Gasteiger partial charge in [-0.3, -0.25) is 0 Å². The van der Waals surface area contributed by atoms with Gasteiger partial charge in [0, 0.05) is 32.7 Å². The molecule has 0 radical (unpaired) electrons. The highest BCUT2D eigenvalue weighted by Gasteiger charge is 2.31. The number of benzene rings is 1. The average Bonchev–Trinajstić information content (AvgIpc) is 3.08. The lowest BCUT2D eigenvalue weighted by molar-refractivity contribution is 0.0149. The summed E-state index contributed by atoms with van der Waals surface area (Å²) in [4.78, 5) is 28.8. The zero-order valence-corrected chi connectivity index (χ0v) is 18.6. The molecule has 0 N–H and O–H groups in total. The van der Waals surface area contributed by atoms with Gasteiger partial charge in [0.25, 0.3) is 0 Å². The molecule has 0 spiro atoms. The van der Waals surface area contributed by atoms with E-state index in [1.165, 1.54) is 7.11 Å². The number of esters is 1. The second-order valence-electron chi connectivity index (χ2n) is 8.52. The topological polar surface area (TPSA) is 89.8 Å². The van der Waals surface area contributed by atoms with Gasteiger partial charge in [-0.2, -0.15) is 0 Å². The Morgan fingerprint density at radius 2 is 1.90 bits per heavy atom. The van der Waals surface area contributed by atoms with Crippen molar-refractivity contribution in [1.82, 2.24) is 19.9 Å². The highest BCUT2D eigenvalue weighted by Crippen LogP contribution is 2.31. The second kappa shape index (κ2) is 8.49. The summed E-state index contributed by atoms with van der Waals surface area (Å²) >= 11 is 0. The van der Waals surface area contributed by atoms with Crippen LogP contribution in [-0.2, 0) is 16.5 Å². The summed E-state index contributed by atoms with van der Waals surface area (Å²) in [5.74, 6) is -0.411. The smallest absolute Gasteiger partial charge is 0.410 e. The van der Waals surface area contributed by atoms with Gasteiger partial charge in [0.05, 0.1) is 18.4 Å². The third-order valence-electron chi connectivity index (χ3n) is 5.35. The molecule has 1 saturated heterocycles. The highest BCUT2D eigenvalue weighted by atomic mass is 16.6. The van der Waals surface area contributed by atoms with E-state index in [0.717, 1.165) is 31.6 Å². The van der Waals surface area contributed by atoms with Gasteiger partial charge in [-0.15, -0.1) is 5.10 Å². The van der Waals surface area contributed by atoms with E-state index in [1.54, 1.807) is 17.8 Å². The first-order chi connectivity index (χ1) is 14.2. The lowest BCUT2D eigenvalue weighted by atomic mass is 10.0. The van der Waals surface area contributed by atoms with Crippen molar-refractivity contribution in [2.45, 2.75) is 52.2 Å². The molecule has 164 valence electrons. The summed E-state index contributed by atoms with van der Waals surface area (Å²) in [5, 5.41) is 8.39. The number of carbonyl (C=O) groups excluding carboxylic acids is 2. The van der Waals surface area contributed by atoms with Gasteiger partial charge in [0.15, 0.2) is 0 Å². The minimum absolute atomic E-state index is 0.132. The van der Waals surface area contributed by atoms with E-state index >= 15 is 0 Å². The standard InChI is InChI=1S/C21H31N5O4/c1-7-26(20(28)30-21(2,3)4)14-10-12-25(13-11-14)16-9-8-15(19(27)29-6)18-17(16)22-23-24(18)5/h8-9,14H,7,10-13H2,1-6H3. The van der Waals surface area contributed by atoms with Crippen molar-refractivity contribution in [1.29, 1.82) is 0 Å². The first-order valence-electron chi connectivity index (χ1n) is 10.3. The number of methoxy groups -OCH3 is 1. The van der Waals surface area contributed by atoms with Crippen LogP contribution in [0.25, 0.3) is 11.0 Å². The predicted molar refractivity (Wildman–Crippen MR) is 114 cm³/mol. The number of anilines is 1. The normalized spacial score (nSPS) is 15.3. The Labute approximate surface area is 176 Å². The largest absolute Gasteiger partial charge is 0.465 e. The monoisotopic (exact) mass is 417 g/mol. The first-order valence-corrected chi connectivity index (χ1v) is 10.3. The minimum Gasteiger partial charge on any atom is -0.465 e. The van der Waals surface area contributed by atoms with Crippen LogP contribution in [0.2, 0.25) is 0 Å². The van der Waals surface area contributed by atoms with Crippen LogP contribution in [0.15, 0.2) is 12.1 Å². The zero-order valence-electron chi connectivity index (χ0n) is 18.6. The number of aryl methyl sites for hydroxylation is 1. The number of aromatic nitrogens is 3. The van der Waals surface area contributed by atoms with Gasteiger partial charge in [0.2, 0.25) is 0 Å². The number of hydrogen-bond acceptors (Lipinski definition) is 7. The summed E-state index contributed by atoms with van der Waals surface area (Å²) in [7, 11) is 3.12. The molecule has 1 aliphatic rings. The van der Waals surface area contributed by atoms with Gasteiger partial charge in [-0.25, -0.2) is 14.3 Å². The van der Waals surface area contributed by atoms with Crippen molar-refractivity contribution in [3.05, 3.63) is 17.7 Å². The Morgan fingerprint density at radius 1 is 1.23 bits per heavy atom. The van der Waals surface area contributed by atoms with Crippen molar-refractivity contribution in [2.75, 3.05) is 31.6 Å². The van der Waals surface area contributed by atoms with E-state index in [4.69, 9.17) is 9.47 Å². The molecule has 3 rings (SSSR count). The van der Waals surface area contributed by atoms with Crippen molar-refractivity contribution in [2.24, 2.45) is 7.05 Å². The molecule has 1 aliphatic heterocycles. The molecule has 0 atom stereocenters. The number of fused-ring (bicyclic) bond motifs is 1. The SMILES string of the molecule is CCN(C(=O)OC(C)(C)C)C1CCN(c2ccc(C(=O)OC)c3c2nnn3C)CC1. The number of amides is 1. The van der Waals surface area contributed by atoms with E-state index in [1.807, 2.05) is 38.7 Å². The van der Waals surface area contributed by atoms with Crippen molar-refractivity contribution >= 4 is 28.8 Å². The fourth-order valence-electron chi connectivity index (χ4n) is 3.96. The lowest BCUT2D eigenvalue weighted by Gasteiger charge is -2.39. The van der Waals surface area contributed by atoms with Crippen molar-refractivity contribution < 1.29 is 19.1 Å². The number of hydrogen-bond donors (Lipinski definition) is 0. The maximum atomic E-state index is 12.6. The van der Waals surface area contributed by atoms with Crippen LogP contribution in [0.1, 0.15) is 50.9 Å². The fourth-order valence-corrected chi connectivity index (χ4v) is 3.96. The third kappa shape index (κ3) is 4.34. The quantitative estimate of drug-likeness (QED) is 0.707. The summed E-state index contributed by atoms with van der Waals surface area (Å²) in [5.41, 5.74) is 2.21. The number of rotatable bonds is 4. The van der Waals surface area contributed by atoms with Crippen LogP contribution in [0, 0.1) is 0 Å². The van der Waals surface area contributed by atoms with Gasteiger partial charge in [-0.05, 0) is 52.7 Å². The molecule has 0 saturated carbocycles. The fraction of sp³-hybridized carbons (Fsp3) is 0.619. The summed E-state index contributed by atoms with van der Waals surface area (Å²) in [6, 6.07) is 3.79. The Bertz CT molecular complexity index is 925. The van der Waals surface area contributed by atoms with E-state index in [-0.39, 0.29) is 12.1 Å². The first kappa shape index (κ1) is 21.9. The number of ether oxygens (including phenoxy) is 2. The molecule has 0 aliphatic carbocycles. The molecule has 0 unspecified atom stereocenters. The van der Waals surface area contributed by atoms with Crippen LogP contribution in [0.5, 0.6) is 0 Å². The molecule has 0 bridgehead atoms. The van der Waals surface area contributed by atoms with Crippen molar-refractivity contribution in [3.8, 4) is 0 Å². The summed E-state index contributed by atoms with van der Waals surface area (Å²) < 4.78 is 12.1. The number of piperidine rings is 1. The molecular weight excluding hydrogens is 386 g/mol. The molecule has 1 aromatic heterocycles. The highest BCUT2D eigenvalue weighted by molar-refractivity contribution is 6.05. The van der Waals surface area contributed by atoms with E-state index in [0.29, 0.717) is 23.1 Å². The van der Waals surface area contributed by atoms with Crippen LogP contribution >= 0.6 is 0 Å². The zero-order chi connectivity index (χ0) is 22.1. The average molecular weight is 418 g/mol. The Balaban J connectivity index is 1.77. The maximum Gasteiger partial charge on any atom is 0.410 e. The van der Waals surface area contributed by atoms with Gasteiger partial charge < -0.3 is 19.3 Å². The molecule has 9 heteroatoms. The third-order valence-corrected chi connectivity index (χ3v) is 5.35. The van der Waals surface area contributed by atoms with Crippen LogP contribution < -0.4 is 4.90 Å². The van der Waals surface area contributed by atoms with Gasteiger partial charge in [0.1, 0.15) is 16.6 Å². The predicted octanol–water partition coefficient (Wildman–Crippen LogP) is 2.98. The summed E-state index contributed by atoms with van der Waals surface area (Å²) in [6.07, 6.45) is 1.39. The summed E-state index contributed by atoms with van der Waals surface area (Å²) in [6.45, 7) is 9.77. The molecular formula is C21H31N5O4. The molecule has 1 amide bonds. The number of carbonyl (C=O) groups is 2. The van der Waals surface area contributed by atoms with Crippen molar-refractivity contribution in [3.63, 3.8) is 0 Å². The van der Waals surface area contributed by atoms with Gasteiger partial charge in [-0.1, -0.05) is 5.21 Å². The van der Waals surface area contributed by atoms with E-state index in [2.05, 4.69) is 15.2 Å². The Morgan fingerprint density at radius 3 is 2.47 bits per heavy atom. The van der Waals surface area contributed by atoms with E-state index in [9.17, 15) is 9.59 Å².